The van der Waals surface area contributed by atoms with Crippen molar-refractivity contribution in [2.45, 2.75) is 52.6 Å². The van der Waals surface area contributed by atoms with E-state index >= 15 is 0 Å². The van der Waals surface area contributed by atoms with Gasteiger partial charge in [-0.05, 0) is 45.2 Å². The monoisotopic (exact) mass is 356 g/mol. The molecule has 1 amide bonds. The van der Waals surface area contributed by atoms with Crippen LogP contribution in [0.5, 0.6) is 0 Å². The summed E-state index contributed by atoms with van der Waals surface area (Å²) in [6, 6.07) is 8.24. The summed E-state index contributed by atoms with van der Waals surface area (Å²) in [6.45, 7) is 8.45. The van der Waals surface area contributed by atoms with E-state index in [1.54, 1.807) is 0 Å². The van der Waals surface area contributed by atoms with Crippen molar-refractivity contribution in [1.82, 2.24) is 20.4 Å². The van der Waals surface area contributed by atoms with Crippen LogP contribution in [0.2, 0.25) is 0 Å². The highest BCUT2D eigenvalue weighted by molar-refractivity contribution is 5.79. The number of carbonyl (C=O) groups excluding carboxylic acids is 1. The fourth-order valence-corrected chi connectivity index (χ4v) is 3.32. The van der Waals surface area contributed by atoms with E-state index in [9.17, 15) is 4.79 Å². The molecule has 2 unspecified atom stereocenters. The molecule has 140 valence electrons. The highest BCUT2D eigenvalue weighted by Gasteiger charge is 2.27. The van der Waals surface area contributed by atoms with E-state index < -0.39 is 0 Å². The zero-order chi connectivity index (χ0) is 18.5. The minimum Gasteiger partial charge on any atom is -0.353 e. The number of aromatic nitrogens is 2. The fraction of sp³-hybridized carbons (Fsp3) is 0.550. The largest absolute Gasteiger partial charge is 0.353 e. The van der Waals surface area contributed by atoms with Gasteiger partial charge >= 0.3 is 0 Å². The molecule has 6 heteroatoms. The van der Waals surface area contributed by atoms with Crippen molar-refractivity contribution >= 4 is 5.91 Å². The predicted molar refractivity (Wildman–Crippen MR) is 100 cm³/mol. The summed E-state index contributed by atoms with van der Waals surface area (Å²) in [5, 5.41) is 7.22. The van der Waals surface area contributed by atoms with E-state index in [2.05, 4.69) is 27.3 Å². The first-order valence-corrected chi connectivity index (χ1v) is 9.48. The molecular formula is C20H28N4O2. The van der Waals surface area contributed by atoms with E-state index in [-0.39, 0.29) is 17.9 Å². The van der Waals surface area contributed by atoms with Crippen LogP contribution < -0.4 is 5.32 Å². The average molecular weight is 356 g/mol. The standard InChI is InChI=1S/C20H28N4O2/c1-4-15(3)21-20(25)16-9-7-11-24(12-16)13-18-22-19(23-26-18)17-10-6-5-8-14(17)2/h5-6,8,10,15-16H,4,7,9,11-13H2,1-3H3,(H,21,25). The van der Waals surface area contributed by atoms with Gasteiger partial charge in [0.2, 0.25) is 17.6 Å². The Kier molecular flexibility index (Phi) is 6.04. The van der Waals surface area contributed by atoms with Gasteiger partial charge in [0.05, 0.1) is 12.5 Å². The van der Waals surface area contributed by atoms with Gasteiger partial charge in [0, 0.05) is 18.2 Å². The maximum Gasteiger partial charge on any atom is 0.241 e. The molecule has 1 aromatic carbocycles. The van der Waals surface area contributed by atoms with Crippen LogP contribution in [0.4, 0.5) is 0 Å². The number of carbonyl (C=O) groups is 1. The lowest BCUT2D eigenvalue weighted by atomic mass is 9.96. The Hall–Kier alpha value is -2.21. The number of rotatable bonds is 6. The van der Waals surface area contributed by atoms with Crippen LogP contribution in [0.3, 0.4) is 0 Å². The van der Waals surface area contributed by atoms with Crippen LogP contribution in [0.15, 0.2) is 28.8 Å². The minimum atomic E-state index is 0.0384. The lowest BCUT2D eigenvalue weighted by Crippen LogP contribution is -2.44. The second-order valence-corrected chi connectivity index (χ2v) is 7.22. The molecular weight excluding hydrogens is 328 g/mol. The Morgan fingerprint density at radius 2 is 2.23 bits per heavy atom. The topological polar surface area (TPSA) is 71.3 Å². The van der Waals surface area contributed by atoms with Gasteiger partial charge in [-0.15, -0.1) is 0 Å². The van der Waals surface area contributed by atoms with Crippen LogP contribution in [0.1, 0.15) is 44.6 Å². The van der Waals surface area contributed by atoms with E-state index in [1.807, 2.05) is 38.1 Å². The van der Waals surface area contributed by atoms with Crippen LogP contribution in [-0.2, 0) is 11.3 Å². The van der Waals surface area contributed by atoms with E-state index in [4.69, 9.17) is 4.52 Å². The quantitative estimate of drug-likeness (QED) is 0.861. The Morgan fingerprint density at radius 3 is 3.00 bits per heavy atom. The van der Waals surface area contributed by atoms with E-state index in [0.717, 1.165) is 43.5 Å². The lowest BCUT2D eigenvalue weighted by Gasteiger charge is -2.31. The van der Waals surface area contributed by atoms with Crippen LogP contribution in [-0.4, -0.2) is 40.1 Å². The smallest absolute Gasteiger partial charge is 0.241 e. The summed E-state index contributed by atoms with van der Waals surface area (Å²) in [7, 11) is 0. The Bertz CT molecular complexity index is 743. The molecule has 0 radical (unpaired) electrons. The van der Waals surface area contributed by atoms with Gasteiger partial charge in [-0.2, -0.15) is 4.98 Å². The van der Waals surface area contributed by atoms with Gasteiger partial charge in [0.1, 0.15) is 0 Å². The third-order valence-corrected chi connectivity index (χ3v) is 5.09. The van der Waals surface area contributed by atoms with Crippen molar-refractivity contribution in [2.24, 2.45) is 5.92 Å². The molecule has 1 saturated heterocycles. The van der Waals surface area contributed by atoms with Crippen molar-refractivity contribution in [3.05, 3.63) is 35.7 Å². The molecule has 6 nitrogen and oxygen atoms in total. The molecule has 3 rings (SSSR count). The van der Waals surface area contributed by atoms with Crippen LogP contribution >= 0.6 is 0 Å². The summed E-state index contributed by atoms with van der Waals surface area (Å²) in [4.78, 5) is 19.2. The molecule has 2 heterocycles. The van der Waals surface area contributed by atoms with E-state index in [0.29, 0.717) is 18.3 Å². The minimum absolute atomic E-state index is 0.0384. The Balaban J connectivity index is 1.61. The number of hydrogen-bond acceptors (Lipinski definition) is 5. The number of nitrogens with one attached hydrogen (secondary N) is 1. The third-order valence-electron chi connectivity index (χ3n) is 5.09. The Labute approximate surface area is 155 Å². The SMILES string of the molecule is CCC(C)NC(=O)C1CCCN(Cc2nc(-c3ccccc3C)no2)C1. The third kappa shape index (κ3) is 4.49. The number of aryl methyl sites for hydroxylation is 1. The number of benzene rings is 1. The zero-order valence-corrected chi connectivity index (χ0v) is 15.9. The van der Waals surface area contributed by atoms with Crippen molar-refractivity contribution in [3.8, 4) is 11.4 Å². The first-order valence-electron chi connectivity index (χ1n) is 9.48. The fourth-order valence-electron chi connectivity index (χ4n) is 3.32. The second kappa shape index (κ2) is 8.45. The number of piperidine rings is 1. The van der Waals surface area contributed by atoms with Crippen molar-refractivity contribution in [1.29, 1.82) is 0 Å². The number of amides is 1. The maximum absolute atomic E-state index is 12.4. The normalized spacial score (nSPS) is 19.3. The first-order chi connectivity index (χ1) is 12.6. The van der Waals surface area contributed by atoms with Gasteiger partial charge in [0.15, 0.2) is 0 Å². The van der Waals surface area contributed by atoms with Crippen molar-refractivity contribution in [3.63, 3.8) is 0 Å². The second-order valence-electron chi connectivity index (χ2n) is 7.22. The molecule has 1 N–H and O–H groups in total. The van der Waals surface area contributed by atoms with Crippen molar-refractivity contribution < 1.29 is 9.32 Å². The predicted octanol–water partition coefficient (Wildman–Crippen LogP) is 3.17. The molecule has 26 heavy (non-hydrogen) atoms. The average Bonchev–Trinajstić information content (AvgIpc) is 3.10. The van der Waals surface area contributed by atoms with Crippen molar-refractivity contribution in [2.75, 3.05) is 13.1 Å². The van der Waals surface area contributed by atoms with Crippen LogP contribution in [0.25, 0.3) is 11.4 Å². The molecule has 0 bridgehead atoms. The maximum atomic E-state index is 12.4. The van der Waals surface area contributed by atoms with Gasteiger partial charge < -0.3 is 9.84 Å². The number of likely N-dealkylation sites (tertiary alicyclic amines) is 1. The molecule has 1 aliphatic heterocycles. The summed E-state index contributed by atoms with van der Waals surface area (Å²) in [5.74, 6) is 1.43. The summed E-state index contributed by atoms with van der Waals surface area (Å²) < 4.78 is 5.45. The number of nitrogens with zero attached hydrogens (tertiary/aromatic N) is 3. The molecule has 0 saturated carbocycles. The molecule has 0 aliphatic carbocycles. The van der Waals surface area contributed by atoms with Gasteiger partial charge in [-0.25, -0.2) is 0 Å². The van der Waals surface area contributed by atoms with E-state index in [1.165, 1.54) is 0 Å². The lowest BCUT2D eigenvalue weighted by molar-refractivity contribution is -0.127. The Morgan fingerprint density at radius 1 is 1.42 bits per heavy atom. The molecule has 2 atom stereocenters. The molecule has 1 fully saturated rings. The molecule has 2 aromatic rings. The zero-order valence-electron chi connectivity index (χ0n) is 15.9. The highest BCUT2D eigenvalue weighted by Crippen LogP contribution is 2.22. The number of hydrogen-bond donors (Lipinski definition) is 1. The molecule has 0 spiro atoms. The van der Waals surface area contributed by atoms with Gasteiger partial charge in [-0.3, -0.25) is 9.69 Å². The summed E-state index contributed by atoms with van der Waals surface area (Å²) >= 11 is 0. The molecule has 1 aliphatic rings. The molecule has 1 aromatic heterocycles. The van der Waals surface area contributed by atoms with Crippen LogP contribution in [0, 0.1) is 12.8 Å². The van der Waals surface area contributed by atoms with Gasteiger partial charge in [0.25, 0.3) is 0 Å². The van der Waals surface area contributed by atoms with Gasteiger partial charge in [-0.1, -0.05) is 36.3 Å². The summed E-state index contributed by atoms with van der Waals surface area (Å²) in [5.41, 5.74) is 2.12. The highest BCUT2D eigenvalue weighted by atomic mass is 16.5. The summed E-state index contributed by atoms with van der Waals surface area (Å²) in [6.07, 6.45) is 2.90. The first kappa shape index (κ1) is 18.6.